The summed E-state index contributed by atoms with van der Waals surface area (Å²) in [5.74, 6) is 2.00. The Kier molecular flexibility index (Phi) is 3.38. The topological polar surface area (TPSA) is 20.2 Å². The molecule has 2 unspecified atom stereocenters. The molecule has 1 N–H and O–H groups in total. The average Bonchev–Trinajstić information content (AvgIpc) is 2.61. The smallest absolute Gasteiger partial charge is 0.0650 e. The Morgan fingerprint density at radius 1 is 1.06 bits per heavy atom. The van der Waals surface area contributed by atoms with E-state index in [1.807, 2.05) is 0 Å². The highest BCUT2D eigenvalue weighted by molar-refractivity contribution is 5.07. The molecule has 18 heavy (non-hydrogen) atoms. The van der Waals surface area contributed by atoms with Crippen LogP contribution < -0.4 is 0 Å². The summed E-state index contributed by atoms with van der Waals surface area (Å²) in [5, 5.41) is 10.8. The molecule has 0 spiro atoms. The molecule has 0 radical (unpaired) electrons. The maximum absolute atomic E-state index is 10.8. The van der Waals surface area contributed by atoms with Crippen LogP contribution in [0.3, 0.4) is 0 Å². The van der Waals surface area contributed by atoms with Crippen LogP contribution >= 0.6 is 0 Å². The lowest BCUT2D eigenvalue weighted by molar-refractivity contribution is -0.0600. The molecule has 0 bridgehead atoms. The second-order valence-electron chi connectivity index (χ2n) is 8.02. The van der Waals surface area contributed by atoms with Gasteiger partial charge in [-0.1, -0.05) is 34.6 Å². The Morgan fingerprint density at radius 2 is 1.67 bits per heavy atom. The molecule has 106 valence electrons. The summed E-state index contributed by atoms with van der Waals surface area (Å²) in [5.41, 5.74) is 0.245. The zero-order valence-corrected chi connectivity index (χ0v) is 13.2. The minimum Gasteiger partial charge on any atom is -0.390 e. The van der Waals surface area contributed by atoms with Gasteiger partial charge in [-0.2, -0.15) is 0 Å². The van der Waals surface area contributed by atoms with Crippen LogP contribution in [0.5, 0.6) is 0 Å². The highest BCUT2D eigenvalue weighted by Gasteiger charge is 2.58. The number of fused-ring (bicyclic) bond motifs is 1. The number of hydrogen-bond donors (Lipinski definition) is 1. The van der Waals surface area contributed by atoms with Gasteiger partial charge in [0.25, 0.3) is 0 Å². The van der Waals surface area contributed by atoms with Crippen molar-refractivity contribution in [3.63, 3.8) is 0 Å². The van der Waals surface area contributed by atoms with E-state index in [0.717, 1.165) is 18.3 Å². The Labute approximate surface area is 113 Å². The second kappa shape index (κ2) is 4.23. The van der Waals surface area contributed by atoms with Gasteiger partial charge in [0, 0.05) is 0 Å². The molecule has 0 aromatic carbocycles. The minimum atomic E-state index is -0.490. The summed E-state index contributed by atoms with van der Waals surface area (Å²) in [6.45, 7) is 14.0. The fourth-order valence-corrected chi connectivity index (χ4v) is 5.45. The van der Waals surface area contributed by atoms with Crippen molar-refractivity contribution in [1.29, 1.82) is 0 Å². The molecule has 0 aliphatic heterocycles. The molecule has 2 rings (SSSR count). The first-order valence-electron chi connectivity index (χ1n) is 7.91. The molecular formula is C17H32O. The Bertz CT molecular complexity index is 318. The van der Waals surface area contributed by atoms with E-state index in [1.165, 1.54) is 25.7 Å². The molecule has 2 saturated carbocycles. The monoisotopic (exact) mass is 252 g/mol. The Morgan fingerprint density at radius 3 is 2.22 bits per heavy atom. The van der Waals surface area contributed by atoms with Gasteiger partial charge in [0.1, 0.15) is 0 Å². The lowest BCUT2D eigenvalue weighted by atomic mass is 9.58. The van der Waals surface area contributed by atoms with E-state index in [2.05, 4.69) is 41.5 Å². The van der Waals surface area contributed by atoms with E-state index in [0.29, 0.717) is 11.3 Å². The Hall–Kier alpha value is -0.0400. The van der Waals surface area contributed by atoms with E-state index < -0.39 is 5.60 Å². The SMILES string of the molecule is CC[C@]12CC[C@](C)(O)[C@H](C)C(C)(C)C1CCC2C. The van der Waals surface area contributed by atoms with Crippen LogP contribution in [0.15, 0.2) is 0 Å². The first-order valence-corrected chi connectivity index (χ1v) is 7.91. The van der Waals surface area contributed by atoms with Crippen LogP contribution in [-0.4, -0.2) is 10.7 Å². The number of aliphatic hydroxyl groups is 1. The molecule has 0 amide bonds. The van der Waals surface area contributed by atoms with Gasteiger partial charge >= 0.3 is 0 Å². The molecule has 2 aliphatic rings. The van der Waals surface area contributed by atoms with Crippen LogP contribution in [-0.2, 0) is 0 Å². The van der Waals surface area contributed by atoms with Crippen molar-refractivity contribution in [3.8, 4) is 0 Å². The summed E-state index contributed by atoms with van der Waals surface area (Å²) in [7, 11) is 0. The average molecular weight is 252 g/mol. The van der Waals surface area contributed by atoms with Crippen LogP contribution in [0.2, 0.25) is 0 Å². The van der Waals surface area contributed by atoms with E-state index in [-0.39, 0.29) is 5.41 Å². The summed E-state index contributed by atoms with van der Waals surface area (Å²) >= 11 is 0. The van der Waals surface area contributed by atoms with Gasteiger partial charge in [0.15, 0.2) is 0 Å². The molecular weight excluding hydrogens is 220 g/mol. The molecule has 0 saturated heterocycles. The maximum atomic E-state index is 10.8. The number of hydrogen-bond acceptors (Lipinski definition) is 1. The van der Waals surface area contributed by atoms with Gasteiger partial charge in [0.05, 0.1) is 5.60 Å². The van der Waals surface area contributed by atoms with Crippen LogP contribution in [0.1, 0.15) is 73.6 Å². The predicted octanol–water partition coefficient (Wildman–Crippen LogP) is 4.64. The Balaban J connectivity index is 2.47. The molecule has 1 heteroatoms. The zero-order valence-electron chi connectivity index (χ0n) is 13.2. The van der Waals surface area contributed by atoms with Gasteiger partial charge in [0.2, 0.25) is 0 Å². The third-order valence-corrected chi connectivity index (χ3v) is 7.27. The zero-order chi connectivity index (χ0) is 13.8. The molecule has 0 aromatic heterocycles. The first kappa shape index (κ1) is 14.4. The highest BCUT2D eigenvalue weighted by atomic mass is 16.3. The lowest BCUT2D eigenvalue weighted by Gasteiger charge is -2.47. The summed E-state index contributed by atoms with van der Waals surface area (Å²) < 4.78 is 0. The normalized spacial score (nSPS) is 51.8. The summed E-state index contributed by atoms with van der Waals surface area (Å²) in [4.78, 5) is 0. The fourth-order valence-electron chi connectivity index (χ4n) is 5.45. The highest BCUT2D eigenvalue weighted by Crippen LogP contribution is 2.64. The molecule has 5 atom stereocenters. The van der Waals surface area contributed by atoms with Crippen molar-refractivity contribution in [2.24, 2.45) is 28.6 Å². The van der Waals surface area contributed by atoms with Crippen LogP contribution in [0.25, 0.3) is 0 Å². The van der Waals surface area contributed by atoms with Crippen molar-refractivity contribution >= 4 is 0 Å². The summed E-state index contributed by atoms with van der Waals surface area (Å²) in [6.07, 6.45) is 6.23. The minimum absolute atomic E-state index is 0.251. The van der Waals surface area contributed by atoms with Crippen LogP contribution in [0, 0.1) is 28.6 Å². The van der Waals surface area contributed by atoms with E-state index in [9.17, 15) is 5.11 Å². The lowest BCUT2D eigenvalue weighted by Crippen LogP contribution is -2.44. The largest absolute Gasteiger partial charge is 0.390 e. The van der Waals surface area contributed by atoms with E-state index in [4.69, 9.17) is 0 Å². The molecule has 2 aliphatic carbocycles. The van der Waals surface area contributed by atoms with Crippen molar-refractivity contribution < 1.29 is 5.11 Å². The van der Waals surface area contributed by atoms with Gasteiger partial charge in [-0.05, 0) is 67.6 Å². The van der Waals surface area contributed by atoms with Crippen molar-refractivity contribution in [2.45, 2.75) is 79.2 Å². The van der Waals surface area contributed by atoms with Crippen molar-refractivity contribution in [2.75, 3.05) is 0 Å². The van der Waals surface area contributed by atoms with Gasteiger partial charge < -0.3 is 5.11 Å². The molecule has 2 fully saturated rings. The summed E-state index contributed by atoms with van der Waals surface area (Å²) in [6, 6.07) is 0. The van der Waals surface area contributed by atoms with Crippen molar-refractivity contribution in [1.82, 2.24) is 0 Å². The first-order chi connectivity index (χ1) is 8.18. The van der Waals surface area contributed by atoms with Gasteiger partial charge in [-0.15, -0.1) is 0 Å². The third kappa shape index (κ3) is 1.77. The van der Waals surface area contributed by atoms with E-state index >= 15 is 0 Å². The molecule has 1 nitrogen and oxygen atoms in total. The van der Waals surface area contributed by atoms with Gasteiger partial charge in [-0.25, -0.2) is 0 Å². The molecule has 0 heterocycles. The van der Waals surface area contributed by atoms with Gasteiger partial charge in [-0.3, -0.25) is 0 Å². The predicted molar refractivity (Wildman–Crippen MR) is 77.4 cm³/mol. The quantitative estimate of drug-likeness (QED) is 0.721. The standard InChI is InChI=1S/C17H32O/c1-7-17-11-10-16(6,18)13(3)15(4,5)14(17)9-8-12(17)2/h12-14,18H,7-11H2,1-6H3/t12?,13-,14?,16+,17-/m1/s1. The molecule has 0 aromatic rings. The maximum Gasteiger partial charge on any atom is 0.0650 e. The van der Waals surface area contributed by atoms with Crippen molar-refractivity contribution in [3.05, 3.63) is 0 Å². The number of rotatable bonds is 1. The third-order valence-electron chi connectivity index (χ3n) is 7.27. The second-order valence-corrected chi connectivity index (χ2v) is 8.02. The fraction of sp³-hybridized carbons (Fsp3) is 1.00. The van der Waals surface area contributed by atoms with E-state index in [1.54, 1.807) is 0 Å². The van der Waals surface area contributed by atoms with Crippen LogP contribution in [0.4, 0.5) is 0 Å².